The van der Waals surface area contributed by atoms with Crippen LogP contribution in [0.25, 0.3) is 0 Å². The van der Waals surface area contributed by atoms with Crippen LogP contribution in [-0.2, 0) is 19.4 Å². The van der Waals surface area contributed by atoms with Crippen molar-refractivity contribution in [3.05, 3.63) is 64.7 Å². The highest BCUT2D eigenvalue weighted by atomic mass is 16.5. The van der Waals surface area contributed by atoms with E-state index in [0.717, 1.165) is 25.1 Å². The lowest BCUT2D eigenvalue weighted by Gasteiger charge is -2.29. The van der Waals surface area contributed by atoms with Crippen molar-refractivity contribution < 1.29 is 9.53 Å². The Labute approximate surface area is 137 Å². The molecule has 0 bridgehead atoms. The Morgan fingerprint density at radius 1 is 1.17 bits per heavy atom. The van der Waals surface area contributed by atoms with E-state index >= 15 is 0 Å². The second kappa shape index (κ2) is 6.84. The predicted molar refractivity (Wildman–Crippen MR) is 90.4 cm³/mol. The zero-order valence-electron chi connectivity index (χ0n) is 13.6. The van der Waals surface area contributed by atoms with Crippen molar-refractivity contribution >= 4 is 5.91 Å². The van der Waals surface area contributed by atoms with Crippen LogP contribution in [0.3, 0.4) is 0 Å². The number of hydrazine groups is 1. The predicted octanol–water partition coefficient (Wildman–Crippen LogP) is 2.96. The molecule has 0 fully saturated rings. The third-order valence-electron chi connectivity index (χ3n) is 4.31. The van der Waals surface area contributed by atoms with Gasteiger partial charge in [0.15, 0.2) is 0 Å². The van der Waals surface area contributed by atoms with E-state index < -0.39 is 0 Å². The summed E-state index contributed by atoms with van der Waals surface area (Å²) < 4.78 is 5.28. The Morgan fingerprint density at radius 2 is 1.96 bits per heavy atom. The SMILES string of the molecule is CCc1ccc(C(=O)NN2CCc3ccc(OC)cc3C2)cc1. The standard InChI is InChI=1S/C19H22N2O2/c1-3-14-4-6-16(7-5-14)19(22)20-21-11-10-15-8-9-18(23-2)12-17(15)13-21/h4-9,12H,3,10-11,13H2,1-2H3,(H,20,22). The molecule has 2 aromatic carbocycles. The Bertz CT molecular complexity index is 695. The highest BCUT2D eigenvalue weighted by Gasteiger charge is 2.19. The molecule has 4 heteroatoms. The third-order valence-corrected chi connectivity index (χ3v) is 4.31. The fourth-order valence-corrected chi connectivity index (χ4v) is 2.86. The molecule has 0 unspecified atom stereocenters. The highest BCUT2D eigenvalue weighted by molar-refractivity contribution is 5.93. The number of amides is 1. The van der Waals surface area contributed by atoms with Crippen LogP contribution in [-0.4, -0.2) is 24.6 Å². The lowest BCUT2D eigenvalue weighted by molar-refractivity contribution is 0.0763. The van der Waals surface area contributed by atoms with Gasteiger partial charge in [-0.05, 0) is 53.8 Å². The molecular weight excluding hydrogens is 288 g/mol. The van der Waals surface area contributed by atoms with Gasteiger partial charge >= 0.3 is 0 Å². The van der Waals surface area contributed by atoms with Gasteiger partial charge < -0.3 is 4.74 Å². The minimum absolute atomic E-state index is 0.0565. The monoisotopic (exact) mass is 310 g/mol. The van der Waals surface area contributed by atoms with Crippen LogP contribution in [0.1, 0.15) is 34.0 Å². The number of rotatable bonds is 4. The summed E-state index contributed by atoms with van der Waals surface area (Å²) in [5, 5.41) is 1.97. The summed E-state index contributed by atoms with van der Waals surface area (Å²) >= 11 is 0. The molecule has 23 heavy (non-hydrogen) atoms. The number of ether oxygens (including phenoxy) is 1. The quantitative estimate of drug-likeness (QED) is 0.944. The van der Waals surface area contributed by atoms with Crippen LogP contribution in [0.4, 0.5) is 0 Å². The van der Waals surface area contributed by atoms with Crippen molar-refractivity contribution in [2.24, 2.45) is 0 Å². The number of benzene rings is 2. The number of fused-ring (bicyclic) bond motifs is 1. The van der Waals surface area contributed by atoms with Crippen LogP contribution in [0.5, 0.6) is 5.75 Å². The first-order valence-electron chi connectivity index (χ1n) is 8.00. The van der Waals surface area contributed by atoms with E-state index in [4.69, 9.17) is 4.74 Å². The minimum Gasteiger partial charge on any atom is -0.497 e. The van der Waals surface area contributed by atoms with Crippen molar-refractivity contribution in [1.29, 1.82) is 0 Å². The van der Waals surface area contributed by atoms with Crippen molar-refractivity contribution in [2.75, 3.05) is 13.7 Å². The maximum atomic E-state index is 12.4. The van der Waals surface area contributed by atoms with E-state index in [2.05, 4.69) is 18.4 Å². The van der Waals surface area contributed by atoms with Gasteiger partial charge in [0.1, 0.15) is 5.75 Å². The summed E-state index contributed by atoms with van der Waals surface area (Å²) in [5.74, 6) is 0.797. The number of aryl methyl sites for hydroxylation is 1. The smallest absolute Gasteiger partial charge is 0.265 e. The number of methoxy groups -OCH3 is 1. The molecule has 1 aliphatic rings. The third kappa shape index (κ3) is 3.54. The zero-order valence-corrected chi connectivity index (χ0v) is 13.6. The maximum absolute atomic E-state index is 12.4. The number of nitrogens with zero attached hydrogens (tertiary/aromatic N) is 1. The highest BCUT2D eigenvalue weighted by Crippen LogP contribution is 2.23. The van der Waals surface area contributed by atoms with E-state index in [0.29, 0.717) is 12.1 Å². The second-order valence-corrected chi connectivity index (χ2v) is 5.80. The zero-order chi connectivity index (χ0) is 16.2. The van der Waals surface area contributed by atoms with E-state index in [1.807, 2.05) is 41.4 Å². The van der Waals surface area contributed by atoms with Gasteiger partial charge in [-0.1, -0.05) is 25.1 Å². The molecule has 0 spiro atoms. The number of hydrogen-bond donors (Lipinski definition) is 1. The molecule has 0 radical (unpaired) electrons. The summed E-state index contributed by atoms with van der Waals surface area (Å²) in [5.41, 5.74) is 7.46. The van der Waals surface area contributed by atoms with E-state index in [1.165, 1.54) is 16.7 Å². The van der Waals surface area contributed by atoms with Crippen molar-refractivity contribution in [2.45, 2.75) is 26.3 Å². The largest absolute Gasteiger partial charge is 0.497 e. The number of hydrogen-bond acceptors (Lipinski definition) is 3. The fraction of sp³-hybridized carbons (Fsp3) is 0.316. The molecule has 3 rings (SSSR count). The summed E-state index contributed by atoms with van der Waals surface area (Å²) in [4.78, 5) is 12.4. The minimum atomic E-state index is -0.0565. The topological polar surface area (TPSA) is 41.6 Å². The van der Waals surface area contributed by atoms with Crippen molar-refractivity contribution in [3.63, 3.8) is 0 Å². The van der Waals surface area contributed by atoms with Gasteiger partial charge in [0.2, 0.25) is 0 Å². The average Bonchev–Trinajstić information content (AvgIpc) is 2.61. The number of carbonyl (C=O) groups excluding carboxylic acids is 1. The average molecular weight is 310 g/mol. The van der Waals surface area contributed by atoms with Gasteiger partial charge in [-0.15, -0.1) is 0 Å². The van der Waals surface area contributed by atoms with E-state index in [-0.39, 0.29) is 5.91 Å². The molecule has 0 aliphatic carbocycles. The van der Waals surface area contributed by atoms with Crippen LogP contribution in [0.15, 0.2) is 42.5 Å². The molecular formula is C19H22N2O2. The van der Waals surface area contributed by atoms with Gasteiger partial charge in [-0.25, -0.2) is 5.01 Å². The van der Waals surface area contributed by atoms with Gasteiger partial charge in [0.25, 0.3) is 5.91 Å². The van der Waals surface area contributed by atoms with Crippen molar-refractivity contribution in [1.82, 2.24) is 10.4 Å². The van der Waals surface area contributed by atoms with Crippen LogP contribution in [0.2, 0.25) is 0 Å². The molecule has 0 saturated heterocycles. The van der Waals surface area contributed by atoms with Crippen LogP contribution in [0, 0.1) is 0 Å². The fourth-order valence-electron chi connectivity index (χ4n) is 2.86. The Morgan fingerprint density at radius 3 is 2.65 bits per heavy atom. The van der Waals surface area contributed by atoms with Gasteiger partial charge in [0, 0.05) is 18.7 Å². The molecule has 1 amide bonds. The Kier molecular flexibility index (Phi) is 4.63. The van der Waals surface area contributed by atoms with Gasteiger partial charge in [-0.2, -0.15) is 0 Å². The van der Waals surface area contributed by atoms with E-state index in [1.54, 1.807) is 7.11 Å². The lowest BCUT2D eigenvalue weighted by atomic mass is 10.0. The van der Waals surface area contributed by atoms with Crippen LogP contribution >= 0.6 is 0 Å². The maximum Gasteiger partial charge on any atom is 0.265 e. The molecule has 0 saturated carbocycles. The number of nitrogens with one attached hydrogen (secondary N) is 1. The molecule has 0 atom stereocenters. The summed E-state index contributed by atoms with van der Waals surface area (Å²) in [6.07, 6.45) is 1.90. The van der Waals surface area contributed by atoms with Gasteiger partial charge in [-0.3, -0.25) is 10.2 Å². The molecule has 1 N–H and O–H groups in total. The molecule has 120 valence electrons. The molecule has 1 aliphatic heterocycles. The first kappa shape index (κ1) is 15.6. The summed E-state index contributed by atoms with van der Waals surface area (Å²) in [7, 11) is 1.67. The van der Waals surface area contributed by atoms with Gasteiger partial charge in [0.05, 0.1) is 7.11 Å². The first-order chi connectivity index (χ1) is 11.2. The molecule has 4 nitrogen and oxygen atoms in total. The van der Waals surface area contributed by atoms with Crippen LogP contribution < -0.4 is 10.2 Å². The molecule has 2 aromatic rings. The Balaban J connectivity index is 1.67. The normalized spacial score (nSPS) is 14.2. The molecule has 1 heterocycles. The summed E-state index contributed by atoms with van der Waals surface area (Å²) in [6, 6.07) is 13.9. The Hall–Kier alpha value is -2.33. The second-order valence-electron chi connectivity index (χ2n) is 5.80. The van der Waals surface area contributed by atoms with Crippen molar-refractivity contribution in [3.8, 4) is 5.75 Å². The van der Waals surface area contributed by atoms with E-state index in [9.17, 15) is 4.79 Å². The number of carbonyl (C=O) groups is 1. The first-order valence-corrected chi connectivity index (χ1v) is 8.00. The lowest BCUT2D eigenvalue weighted by Crippen LogP contribution is -2.44. The summed E-state index contributed by atoms with van der Waals surface area (Å²) in [6.45, 7) is 3.62. The molecule has 0 aromatic heterocycles.